The lowest BCUT2D eigenvalue weighted by atomic mass is 9.96. The van der Waals surface area contributed by atoms with Gasteiger partial charge in [0.2, 0.25) is 5.91 Å². The molecule has 1 amide bonds. The van der Waals surface area contributed by atoms with Crippen molar-refractivity contribution in [1.82, 2.24) is 0 Å². The summed E-state index contributed by atoms with van der Waals surface area (Å²) >= 11 is 2.01. The van der Waals surface area contributed by atoms with E-state index >= 15 is 0 Å². The maximum absolute atomic E-state index is 12.3. The Morgan fingerprint density at radius 3 is 2.63 bits per heavy atom. The molecule has 0 aromatic heterocycles. The van der Waals surface area contributed by atoms with Crippen LogP contribution in [0.4, 0.5) is 5.69 Å². The molecule has 1 atom stereocenters. The lowest BCUT2D eigenvalue weighted by Gasteiger charge is -2.21. The molecule has 1 unspecified atom stereocenters. The van der Waals surface area contributed by atoms with E-state index in [1.165, 1.54) is 24.3 Å². The fraction of sp³-hybridized carbons (Fsp3) is 0.533. The molecule has 1 aliphatic carbocycles. The molecule has 2 aliphatic rings. The van der Waals surface area contributed by atoms with E-state index in [-0.39, 0.29) is 11.8 Å². The van der Waals surface area contributed by atoms with Gasteiger partial charge in [0, 0.05) is 11.6 Å². The standard InChI is InChI=1S/C15H19NO2S/c1-18-12-4-2-11(3-5-12)16-14(17)13-10-15(13)6-8-19-9-7-15/h2-5,13H,6-10H2,1H3,(H,16,17). The van der Waals surface area contributed by atoms with E-state index in [0.29, 0.717) is 5.41 Å². The lowest BCUT2D eigenvalue weighted by molar-refractivity contribution is -0.118. The van der Waals surface area contributed by atoms with Crippen LogP contribution in [0.1, 0.15) is 19.3 Å². The summed E-state index contributed by atoms with van der Waals surface area (Å²) < 4.78 is 5.11. The first-order chi connectivity index (χ1) is 9.23. The number of anilines is 1. The van der Waals surface area contributed by atoms with Crippen LogP contribution in [0.2, 0.25) is 0 Å². The Morgan fingerprint density at radius 1 is 1.32 bits per heavy atom. The molecule has 3 rings (SSSR count). The molecular weight excluding hydrogens is 258 g/mol. The third-order valence-corrected chi connectivity index (χ3v) is 5.34. The van der Waals surface area contributed by atoms with Gasteiger partial charge in [-0.05, 0) is 60.4 Å². The van der Waals surface area contributed by atoms with Gasteiger partial charge in [-0.1, -0.05) is 0 Å². The molecule has 19 heavy (non-hydrogen) atoms. The second-order valence-electron chi connectivity index (χ2n) is 5.45. The molecule has 1 aromatic rings. The Labute approximate surface area is 118 Å². The molecule has 4 heteroatoms. The van der Waals surface area contributed by atoms with Crippen molar-refractivity contribution < 1.29 is 9.53 Å². The van der Waals surface area contributed by atoms with E-state index in [4.69, 9.17) is 4.74 Å². The van der Waals surface area contributed by atoms with Crippen molar-refractivity contribution in [2.45, 2.75) is 19.3 Å². The molecule has 1 aliphatic heterocycles. The van der Waals surface area contributed by atoms with Crippen molar-refractivity contribution in [3.05, 3.63) is 24.3 Å². The van der Waals surface area contributed by atoms with Gasteiger partial charge in [-0.2, -0.15) is 11.8 Å². The number of thioether (sulfide) groups is 1. The van der Waals surface area contributed by atoms with Crippen LogP contribution in [0.15, 0.2) is 24.3 Å². The van der Waals surface area contributed by atoms with Crippen LogP contribution in [0, 0.1) is 11.3 Å². The predicted octanol–water partition coefficient (Wildman–Crippen LogP) is 3.17. The van der Waals surface area contributed by atoms with Crippen LogP contribution < -0.4 is 10.1 Å². The number of carbonyl (C=O) groups excluding carboxylic acids is 1. The van der Waals surface area contributed by atoms with Crippen LogP contribution in [-0.4, -0.2) is 24.5 Å². The second-order valence-corrected chi connectivity index (χ2v) is 6.67. The zero-order chi connectivity index (χ0) is 13.3. The summed E-state index contributed by atoms with van der Waals surface area (Å²) in [6.45, 7) is 0. The maximum Gasteiger partial charge on any atom is 0.228 e. The monoisotopic (exact) mass is 277 g/mol. The topological polar surface area (TPSA) is 38.3 Å². The zero-order valence-corrected chi connectivity index (χ0v) is 12.0. The minimum Gasteiger partial charge on any atom is -0.497 e. The number of amides is 1. The summed E-state index contributed by atoms with van der Waals surface area (Å²) in [6.07, 6.45) is 3.49. The van der Waals surface area contributed by atoms with Crippen LogP contribution in [0.3, 0.4) is 0 Å². The Kier molecular flexibility index (Phi) is 3.44. The molecule has 3 nitrogen and oxygen atoms in total. The summed E-state index contributed by atoms with van der Waals surface area (Å²) in [6, 6.07) is 7.52. The van der Waals surface area contributed by atoms with Crippen molar-refractivity contribution >= 4 is 23.4 Å². The molecule has 2 fully saturated rings. The Bertz CT molecular complexity index is 466. The molecule has 1 spiro atoms. The number of hydrogen-bond acceptors (Lipinski definition) is 3. The smallest absolute Gasteiger partial charge is 0.228 e. The number of benzene rings is 1. The SMILES string of the molecule is COc1ccc(NC(=O)C2CC23CCSCC3)cc1. The van der Waals surface area contributed by atoms with Gasteiger partial charge in [0.05, 0.1) is 7.11 Å². The highest BCUT2D eigenvalue weighted by atomic mass is 32.2. The van der Waals surface area contributed by atoms with Gasteiger partial charge in [0.25, 0.3) is 0 Å². The quantitative estimate of drug-likeness (QED) is 0.922. The number of hydrogen-bond donors (Lipinski definition) is 1. The fourth-order valence-corrected chi connectivity index (χ4v) is 4.26. The molecule has 0 bridgehead atoms. The highest BCUT2D eigenvalue weighted by molar-refractivity contribution is 7.99. The minimum absolute atomic E-state index is 0.192. The summed E-state index contributed by atoms with van der Waals surface area (Å²) in [4.78, 5) is 12.3. The maximum atomic E-state index is 12.3. The summed E-state index contributed by atoms with van der Waals surface area (Å²) in [5.74, 6) is 3.66. The van der Waals surface area contributed by atoms with Crippen molar-refractivity contribution in [2.24, 2.45) is 11.3 Å². The van der Waals surface area contributed by atoms with E-state index in [9.17, 15) is 4.79 Å². The van der Waals surface area contributed by atoms with E-state index in [0.717, 1.165) is 17.9 Å². The minimum atomic E-state index is 0.192. The largest absolute Gasteiger partial charge is 0.497 e. The summed E-state index contributed by atoms with van der Waals surface area (Å²) in [7, 11) is 1.64. The van der Waals surface area contributed by atoms with Crippen molar-refractivity contribution in [3.63, 3.8) is 0 Å². The molecule has 1 N–H and O–H groups in total. The first-order valence-corrected chi connectivity index (χ1v) is 7.92. The molecule has 102 valence electrons. The normalized spacial score (nSPS) is 23.9. The first kappa shape index (κ1) is 12.9. The number of ether oxygens (including phenoxy) is 1. The van der Waals surface area contributed by atoms with Crippen LogP contribution in [0.25, 0.3) is 0 Å². The summed E-state index contributed by atoms with van der Waals surface area (Å²) in [5.41, 5.74) is 1.19. The van der Waals surface area contributed by atoms with Gasteiger partial charge in [0.15, 0.2) is 0 Å². The third-order valence-electron chi connectivity index (χ3n) is 4.35. The first-order valence-electron chi connectivity index (χ1n) is 6.76. The third kappa shape index (κ3) is 2.59. The van der Waals surface area contributed by atoms with E-state index in [1.807, 2.05) is 36.0 Å². The van der Waals surface area contributed by atoms with E-state index in [1.54, 1.807) is 7.11 Å². The van der Waals surface area contributed by atoms with Crippen molar-refractivity contribution in [1.29, 1.82) is 0 Å². The molecule has 1 saturated heterocycles. The molecule has 0 radical (unpaired) electrons. The van der Waals surface area contributed by atoms with Crippen LogP contribution in [0.5, 0.6) is 5.75 Å². The van der Waals surface area contributed by atoms with E-state index in [2.05, 4.69) is 5.32 Å². The van der Waals surface area contributed by atoms with Gasteiger partial charge in [-0.15, -0.1) is 0 Å². The van der Waals surface area contributed by atoms with Gasteiger partial charge >= 0.3 is 0 Å². The van der Waals surface area contributed by atoms with E-state index < -0.39 is 0 Å². The zero-order valence-electron chi connectivity index (χ0n) is 11.1. The summed E-state index contributed by atoms with van der Waals surface area (Å²) in [5, 5.41) is 3.03. The highest BCUT2D eigenvalue weighted by Crippen LogP contribution is 2.60. The molecular formula is C15H19NO2S. The number of nitrogens with one attached hydrogen (secondary N) is 1. The van der Waals surface area contributed by atoms with Crippen molar-refractivity contribution in [3.8, 4) is 5.75 Å². The van der Waals surface area contributed by atoms with Crippen molar-refractivity contribution in [2.75, 3.05) is 23.9 Å². The average molecular weight is 277 g/mol. The lowest BCUT2D eigenvalue weighted by Crippen LogP contribution is -2.21. The molecule has 1 saturated carbocycles. The second kappa shape index (κ2) is 5.08. The van der Waals surface area contributed by atoms with Crippen LogP contribution >= 0.6 is 11.8 Å². The number of rotatable bonds is 3. The molecule has 1 heterocycles. The van der Waals surface area contributed by atoms with Gasteiger partial charge in [-0.3, -0.25) is 4.79 Å². The Hall–Kier alpha value is -1.16. The fourth-order valence-electron chi connectivity index (χ4n) is 2.95. The Balaban J connectivity index is 1.59. The Morgan fingerprint density at radius 2 is 2.00 bits per heavy atom. The van der Waals surface area contributed by atoms with Crippen LogP contribution in [-0.2, 0) is 4.79 Å². The van der Waals surface area contributed by atoms with Gasteiger partial charge in [-0.25, -0.2) is 0 Å². The molecule has 1 aromatic carbocycles. The van der Waals surface area contributed by atoms with Gasteiger partial charge in [0.1, 0.15) is 5.75 Å². The van der Waals surface area contributed by atoms with Gasteiger partial charge < -0.3 is 10.1 Å². The highest BCUT2D eigenvalue weighted by Gasteiger charge is 2.57. The number of methoxy groups -OCH3 is 1. The number of carbonyl (C=O) groups is 1. The average Bonchev–Trinajstić information content (AvgIpc) is 3.14. The predicted molar refractivity (Wildman–Crippen MR) is 78.7 cm³/mol.